The predicted molar refractivity (Wildman–Crippen MR) is 116 cm³/mol. The molecule has 174 valence electrons. The summed E-state index contributed by atoms with van der Waals surface area (Å²) in [6.45, 7) is 4.45. The molecular formula is C26H30F4O2. The summed E-state index contributed by atoms with van der Waals surface area (Å²) in [5.41, 5.74) is -0.718. The Hall–Kier alpha value is -2.24. The van der Waals surface area contributed by atoms with Crippen molar-refractivity contribution in [1.82, 2.24) is 0 Å². The average molecular weight is 451 g/mol. The second kappa shape index (κ2) is 9.72. The largest absolute Gasteiger partial charge is 0.491 e. The maximum atomic E-state index is 14.8. The van der Waals surface area contributed by atoms with E-state index in [9.17, 15) is 17.6 Å². The Morgan fingerprint density at radius 1 is 0.719 bits per heavy atom. The molecule has 2 nitrogen and oxygen atoms in total. The van der Waals surface area contributed by atoms with Crippen LogP contribution in [0.15, 0.2) is 24.3 Å². The van der Waals surface area contributed by atoms with Crippen LogP contribution in [0, 0.1) is 46.9 Å². The highest BCUT2D eigenvalue weighted by Gasteiger charge is 2.34. The van der Waals surface area contributed by atoms with Crippen molar-refractivity contribution >= 4 is 0 Å². The van der Waals surface area contributed by atoms with Crippen LogP contribution in [-0.2, 0) is 0 Å². The lowest BCUT2D eigenvalue weighted by molar-refractivity contribution is 0.0801. The molecule has 0 aliphatic heterocycles. The van der Waals surface area contributed by atoms with Crippen LogP contribution in [0.1, 0.15) is 52.4 Å². The Labute approximate surface area is 186 Å². The lowest BCUT2D eigenvalue weighted by Crippen LogP contribution is -2.32. The van der Waals surface area contributed by atoms with Gasteiger partial charge in [-0.3, -0.25) is 0 Å². The van der Waals surface area contributed by atoms with Crippen molar-refractivity contribution in [2.45, 2.75) is 52.4 Å². The first-order valence-electron chi connectivity index (χ1n) is 11.6. The minimum Gasteiger partial charge on any atom is -0.491 e. The topological polar surface area (TPSA) is 18.5 Å². The minimum atomic E-state index is -1.28. The van der Waals surface area contributed by atoms with Crippen LogP contribution in [0.2, 0.25) is 0 Å². The van der Waals surface area contributed by atoms with Crippen LogP contribution in [0.5, 0.6) is 11.5 Å². The summed E-state index contributed by atoms with van der Waals surface area (Å²) in [5.74, 6) is -2.79. The number of halogens is 4. The van der Waals surface area contributed by atoms with Gasteiger partial charge in [-0.15, -0.1) is 0 Å². The average Bonchev–Trinajstić information content (AvgIpc) is 2.79. The Balaban J connectivity index is 1.45. The third kappa shape index (κ3) is 4.60. The molecule has 0 bridgehead atoms. The maximum Gasteiger partial charge on any atom is 0.201 e. The van der Waals surface area contributed by atoms with Crippen LogP contribution in [0.4, 0.5) is 17.6 Å². The summed E-state index contributed by atoms with van der Waals surface area (Å²) in [6.07, 6.45) is 7.07. The Morgan fingerprint density at radius 2 is 1.28 bits per heavy atom. The SMILES string of the molecule is CCOc1ccc(-c2ccc(OCC3CCC4CC(C)CCC4C3)c(F)c2F)c(F)c1F. The van der Waals surface area contributed by atoms with E-state index in [0.717, 1.165) is 24.7 Å². The molecule has 2 aliphatic rings. The Bertz CT molecular complexity index is 961. The zero-order valence-electron chi connectivity index (χ0n) is 18.6. The van der Waals surface area contributed by atoms with E-state index in [-0.39, 0.29) is 29.2 Å². The second-order valence-corrected chi connectivity index (χ2v) is 9.34. The highest BCUT2D eigenvalue weighted by Crippen LogP contribution is 2.44. The molecule has 4 unspecified atom stereocenters. The molecule has 2 aliphatic carbocycles. The lowest BCUT2D eigenvalue weighted by Gasteiger charge is -2.41. The van der Waals surface area contributed by atoms with Crippen molar-refractivity contribution in [2.24, 2.45) is 23.7 Å². The van der Waals surface area contributed by atoms with E-state index < -0.39 is 23.3 Å². The van der Waals surface area contributed by atoms with Gasteiger partial charge in [0.1, 0.15) is 0 Å². The van der Waals surface area contributed by atoms with Gasteiger partial charge in [-0.2, -0.15) is 8.78 Å². The molecule has 0 heterocycles. The first-order valence-corrected chi connectivity index (χ1v) is 11.6. The van der Waals surface area contributed by atoms with Crippen molar-refractivity contribution in [1.29, 1.82) is 0 Å². The van der Waals surface area contributed by atoms with Crippen molar-refractivity contribution < 1.29 is 27.0 Å². The van der Waals surface area contributed by atoms with Gasteiger partial charge in [-0.05, 0) is 87.0 Å². The summed E-state index contributed by atoms with van der Waals surface area (Å²) in [6, 6.07) is 4.91. The predicted octanol–water partition coefficient (Wildman–Crippen LogP) is 7.54. The zero-order chi connectivity index (χ0) is 22.8. The van der Waals surface area contributed by atoms with E-state index in [2.05, 4.69) is 6.92 Å². The number of benzene rings is 2. The fourth-order valence-electron chi connectivity index (χ4n) is 5.44. The van der Waals surface area contributed by atoms with Gasteiger partial charge in [-0.25, -0.2) is 8.78 Å². The number of hydrogen-bond acceptors (Lipinski definition) is 2. The molecule has 0 aromatic heterocycles. The van der Waals surface area contributed by atoms with Crippen LogP contribution in [0.25, 0.3) is 11.1 Å². The van der Waals surface area contributed by atoms with Gasteiger partial charge in [-0.1, -0.05) is 13.3 Å². The normalized spacial score (nSPS) is 25.3. The van der Waals surface area contributed by atoms with Gasteiger partial charge < -0.3 is 9.47 Å². The maximum absolute atomic E-state index is 14.8. The van der Waals surface area contributed by atoms with Crippen molar-refractivity contribution in [3.05, 3.63) is 47.5 Å². The van der Waals surface area contributed by atoms with Crippen LogP contribution in [-0.4, -0.2) is 13.2 Å². The quantitative estimate of drug-likeness (QED) is 0.423. The number of hydrogen-bond donors (Lipinski definition) is 0. The standard InChI is InChI=1S/C26H30F4O2/c1-3-31-21-10-8-19(23(27)25(21)29)20-9-11-22(26(30)24(20)28)32-14-16-5-7-17-12-15(2)4-6-18(17)13-16/h8-11,15-18H,3-7,12-14H2,1-2H3. The molecule has 4 rings (SSSR count). The zero-order valence-corrected chi connectivity index (χ0v) is 18.6. The molecule has 2 aromatic rings. The second-order valence-electron chi connectivity index (χ2n) is 9.34. The number of rotatable bonds is 6. The van der Waals surface area contributed by atoms with Gasteiger partial charge in [0.15, 0.2) is 23.1 Å². The Morgan fingerprint density at radius 3 is 1.91 bits per heavy atom. The molecule has 2 saturated carbocycles. The summed E-state index contributed by atoms with van der Waals surface area (Å²) >= 11 is 0. The molecule has 0 N–H and O–H groups in total. The van der Waals surface area contributed by atoms with E-state index >= 15 is 0 Å². The van der Waals surface area contributed by atoms with Crippen molar-refractivity contribution in [3.63, 3.8) is 0 Å². The summed E-state index contributed by atoms with van der Waals surface area (Å²) in [7, 11) is 0. The highest BCUT2D eigenvalue weighted by atomic mass is 19.2. The summed E-state index contributed by atoms with van der Waals surface area (Å²) in [5, 5.41) is 0. The van der Waals surface area contributed by atoms with E-state index in [1.807, 2.05) is 0 Å². The lowest BCUT2D eigenvalue weighted by atomic mass is 9.65. The van der Waals surface area contributed by atoms with Gasteiger partial charge in [0.2, 0.25) is 11.6 Å². The van der Waals surface area contributed by atoms with Gasteiger partial charge in [0.05, 0.1) is 13.2 Å². The van der Waals surface area contributed by atoms with Crippen LogP contribution >= 0.6 is 0 Å². The van der Waals surface area contributed by atoms with Gasteiger partial charge in [0, 0.05) is 11.1 Å². The number of fused-ring (bicyclic) bond motifs is 1. The molecular weight excluding hydrogens is 420 g/mol. The Kier molecular flexibility index (Phi) is 6.96. The molecule has 2 fully saturated rings. The molecule has 0 saturated heterocycles. The molecule has 6 heteroatoms. The third-order valence-corrected chi connectivity index (χ3v) is 7.14. The fraction of sp³-hybridized carbons (Fsp3) is 0.538. The van der Waals surface area contributed by atoms with Crippen LogP contribution < -0.4 is 9.47 Å². The first kappa shape index (κ1) is 22.9. The van der Waals surface area contributed by atoms with Crippen molar-refractivity contribution in [3.8, 4) is 22.6 Å². The molecule has 4 atom stereocenters. The van der Waals surface area contributed by atoms with Gasteiger partial charge >= 0.3 is 0 Å². The third-order valence-electron chi connectivity index (χ3n) is 7.14. The fourth-order valence-corrected chi connectivity index (χ4v) is 5.44. The molecule has 0 amide bonds. The van der Waals surface area contributed by atoms with E-state index in [4.69, 9.17) is 9.47 Å². The van der Waals surface area contributed by atoms with Crippen LogP contribution in [0.3, 0.4) is 0 Å². The highest BCUT2D eigenvalue weighted by molar-refractivity contribution is 5.67. The number of ether oxygens (including phenoxy) is 2. The smallest absolute Gasteiger partial charge is 0.201 e. The minimum absolute atomic E-state index is 0.159. The molecule has 32 heavy (non-hydrogen) atoms. The first-order chi connectivity index (χ1) is 15.4. The van der Waals surface area contributed by atoms with E-state index in [1.54, 1.807) is 6.92 Å². The van der Waals surface area contributed by atoms with E-state index in [1.165, 1.54) is 49.9 Å². The molecule has 0 radical (unpaired) electrons. The molecule has 0 spiro atoms. The monoisotopic (exact) mass is 450 g/mol. The van der Waals surface area contributed by atoms with Crippen molar-refractivity contribution in [2.75, 3.05) is 13.2 Å². The molecule has 2 aromatic carbocycles. The van der Waals surface area contributed by atoms with E-state index in [0.29, 0.717) is 18.4 Å². The van der Waals surface area contributed by atoms with Gasteiger partial charge in [0.25, 0.3) is 0 Å². The summed E-state index contributed by atoms with van der Waals surface area (Å²) < 4.78 is 68.7. The summed E-state index contributed by atoms with van der Waals surface area (Å²) in [4.78, 5) is 0.